The molecule has 0 radical (unpaired) electrons. The highest BCUT2D eigenvalue weighted by Crippen LogP contribution is 2.37. The van der Waals surface area contributed by atoms with Crippen LogP contribution in [0.3, 0.4) is 0 Å². The van der Waals surface area contributed by atoms with E-state index in [-0.39, 0.29) is 0 Å². The van der Waals surface area contributed by atoms with Crippen LogP contribution in [0.4, 0.5) is 0 Å². The van der Waals surface area contributed by atoms with Gasteiger partial charge in [-0.25, -0.2) is 0 Å². The van der Waals surface area contributed by atoms with Crippen molar-refractivity contribution in [1.82, 2.24) is 0 Å². The van der Waals surface area contributed by atoms with Gasteiger partial charge < -0.3 is 0 Å². The van der Waals surface area contributed by atoms with Crippen molar-refractivity contribution < 1.29 is 0 Å². The maximum Gasteiger partial charge on any atom is 0.132 e. The summed E-state index contributed by atoms with van der Waals surface area (Å²) in [6, 6.07) is 31.4. The monoisotopic (exact) mass is 380 g/mol. The summed E-state index contributed by atoms with van der Waals surface area (Å²) < 4.78 is 0. The quantitative estimate of drug-likeness (QED) is 0.498. The van der Waals surface area contributed by atoms with Crippen molar-refractivity contribution in [3.63, 3.8) is 0 Å². The van der Waals surface area contributed by atoms with Crippen LogP contribution in [0.2, 0.25) is 0 Å². The van der Waals surface area contributed by atoms with Gasteiger partial charge in [-0.15, -0.1) is 0 Å². The number of aryl methyl sites for hydroxylation is 1. The van der Waals surface area contributed by atoms with Crippen LogP contribution in [0.5, 0.6) is 0 Å². The van der Waals surface area contributed by atoms with E-state index in [0.717, 1.165) is 12.8 Å². The summed E-state index contributed by atoms with van der Waals surface area (Å²) in [7, 11) is -1.46. The first-order valence-electron chi connectivity index (χ1n) is 10.4. The minimum absolute atomic E-state index is 1.07. The van der Waals surface area contributed by atoms with Crippen LogP contribution in [0.1, 0.15) is 37.3 Å². The minimum atomic E-state index is -1.46. The predicted molar refractivity (Wildman–Crippen MR) is 125 cm³/mol. The molecule has 1 heteroatoms. The number of rotatable bonds is 6. The lowest BCUT2D eigenvalue weighted by Gasteiger charge is -2.22. The highest BCUT2D eigenvalue weighted by molar-refractivity contribution is 6.91. The Balaban J connectivity index is 1.82. The maximum absolute atomic E-state index is 2.54. The minimum Gasteiger partial charge on any atom is -0.0801 e. The average Bonchev–Trinajstić information content (AvgIpc) is 3.14. The van der Waals surface area contributed by atoms with E-state index in [1.807, 2.05) is 0 Å². The van der Waals surface area contributed by atoms with Gasteiger partial charge >= 0.3 is 0 Å². The average molecular weight is 381 g/mol. The lowest BCUT2D eigenvalue weighted by molar-refractivity contribution is 0.926. The van der Waals surface area contributed by atoms with Crippen molar-refractivity contribution in [1.29, 1.82) is 0 Å². The molecular formula is C27H28Si. The summed E-state index contributed by atoms with van der Waals surface area (Å²) in [4.78, 5) is 0. The Labute approximate surface area is 170 Å². The van der Waals surface area contributed by atoms with E-state index in [2.05, 4.69) is 105 Å². The Bertz CT molecular complexity index is 940. The highest BCUT2D eigenvalue weighted by atomic mass is 28.3. The fourth-order valence-corrected chi connectivity index (χ4v) is 7.70. The van der Waals surface area contributed by atoms with Crippen LogP contribution in [-0.4, -0.2) is 8.80 Å². The molecule has 0 aromatic heterocycles. The van der Waals surface area contributed by atoms with E-state index in [1.165, 1.54) is 27.9 Å². The Morgan fingerprint density at radius 3 is 1.86 bits per heavy atom. The first-order chi connectivity index (χ1) is 13.8. The third-order valence-electron chi connectivity index (χ3n) is 5.72. The molecule has 0 fully saturated rings. The summed E-state index contributed by atoms with van der Waals surface area (Å²) in [6.45, 7) is 4.47. The van der Waals surface area contributed by atoms with Crippen molar-refractivity contribution in [2.24, 2.45) is 0 Å². The number of benzene rings is 3. The van der Waals surface area contributed by atoms with Gasteiger partial charge in [0.25, 0.3) is 0 Å². The van der Waals surface area contributed by atoms with Gasteiger partial charge in [-0.2, -0.15) is 0 Å². The third kappa shape index (κ3) is 3.81. The largest absolute Gasteiger partial charge is 0.132 e. The second-order valence-corrected chi connectivity index (χ2v) is 10.5. The molecule has 0 aliphatic heterocycles. The topological polar surface area (TPSA) is 0 Å². The molecule has 28 heavy (non-hydrogen) atoms. The molecule has 3 aromatic rings. The van der Waals surface area contributed by atoms with Crippen LogP contribution in [0.25, 0.3) is 5.57 Å². The molecule has 0 N–H and O–H groups in total. The summed E-state index contributed by atoms with van der Waals surface area (Å²) in [5.74, 6) is 0. The molecule has 0 unspecified atom stereocenters. The molecule has 0 heterocycles. The van der Waals surface area contributed by atoms with Gasteiger partial charge in [0.05, 0.1) is 0 Å². The summed E-state index contributed by atoms with van der Waals surface area (Å²) in [5, 5.41) is 4.66. The van der Waals surface area contributed by atoms with Gasteiger partial charge in [0.15, 0.2) is 0 Å². The van der Waals surface area contributed by atoms with Crippen molar-refractivity contribution in [2.75, 3.05) is 0 Å². The van der Waals surface area contributed by atoms with Crippen molar-refractivity contribution >= 4 is 24.7 Å². The number of hydrogen-bond donors (Lipinski definition) is 0. The van der Waals surface area contributed by atoms with Crippen LogP contribution in [0, 0.1) is 6.92 Å². The number of hydrogen-bond acceptors (Lipinski definition) is 0. The highest BCUT2D eigenvalue weighted by Gasteiger charge is 2.28. The first kappa shape index (κ1) is 18.7. The molecule has 1 aliphatic rings. The summed E-state index contributed by atoms with van der Waals surface area (Å²) in [6.07, 6.45) is 5.96. The Morgan fingerprint density at radius 2 is 1.32 bits per heavy atom. The lowest BCUT2D eigenvalue weighted by Crippen LogP contribution is -2.44. The Morgan fingerprint density at radius 1 is 0.750 bits per heavy atom. The number of allylic oxidation sites excluding steroid dienone is 4. The van der Waals surface area contributed by atoms with Gasteiger partial charge in [-0.3, -0.25) is 0 Å². The van der Waals surface area contributed by atoms with E-state index in [4.69, 9.17) is 0 Å². The molecule has 3 aromatic carbocycles. The van der Waals surface area contributed by atoms with E-state index in [1.54, 1.807) is 16.3 Å². The fraction of sp³-hybridized carbons (Fsp3) is 0.185. The molecule has 0 spiro atoms. The van der Waals surface area contributed by atoms with Gasteiger partial charge in [0, 0.05) is 0 Å². The fourth-order valence-electron chi connectivity index (χ4n) is 4.36. The zero-order chi connectivity index (χ0) is 19.3. The first-order valence-corrected chi connectivity index (χ1v) is 12.1. The summed E-state index contributed by atoms with van der Waals surface area (Å²) in [5.41, 5.74) is 5.87. The molecule has 4 rings (SSSR count). The van der Waals surface area contributed by atoms with Crippen molar-refractivity contribution in [3.8, 4) is 0 Å². The van der Waals surface area contributed by atoms with Gasteiger partial charge in [-0.05, 0) is 36.5 Å². The van der Waals surface area contributed by atoms with Crippen molar-refractivity contribution in [3.05, 3.63) is 113 Å². The van der Waals surface area contributed by atoms with E-state index >= 15 is 0 Å². The zero-order valence-electron chi connectivity index (χ0n) is 16.9. The smallest absolute Gasteiger partial charge is 0.0801 e. The van der Waals surface area contributed by atoms with E-state index in [9.17, 15) is 0 Å². The van der Waals surface area contributed by atoms with E-state index < -0.39 is 8.80 Å². The standard InChI is InChI=1S/C27H28Si/c1-3-10-26-25(22-17-15-21(2)16-18-22)19-20-27(26)28(23-11-6-4-7-12-23)24-13-8-5-9-14-24/h4-9,11-18,20,28H,3,10,19H2,1-2H3. The Hall–Kier alpha value is -2.64. The van der Waals surface area contributed by atoms with Crippen LogP contribution < -0.4 is 10.4 Å². The predicted octanol–water partition coefficient (Wildman–Crippen LogP) is 5.46. The maximum atomic E-state index is 2.54. The Kier molecular flexibility index (Phi) is 5.73. The second-order valence-electron chi connectivity index (χ2n) is 7.69. The molecule has 0 bridgehead atoms. The summed E-state index contributed by atoms with van der Waals surface area (Å²) >= 11 is 0. The van der Waals surface area contributed by atoms with Crippen molar-refractivity contribution in [2.45, 2.75) is 33.1 Å². The van der Waals surface area contributed by atoms with Crippen LogP contribution in [0.15, 0.2) is 102 Å². The molecule has 0 amide bonds. The van der Waals surface area contributed by atoms with E-state index in [0.29, 0.717) is 0 Å². The molecular weight excluding hydrogens is 352 g/mol. The molecule has 0 saturated carbocycles. The molecule has 0 nitrogen and oxygen atoms in total. The second kappa shape index (κ2) is 8.58. The molecule has 1 aliphatic carbocycles. The molecule has 140 valence electrons. The van der Waals surface area contributed by atoms with Gasteiger partial charge in [-0.1, -0.05) is 125 Å². The lowest BCUT2D eigenvalue weighted by atomic mass is 9.98. The normalized spacial score (nSPS) is 13.9. The molecule has 0 saturated heterocycles. The van der Waals surface area contributed by atoms with Gasteiger partial charge in [0.1, 0.15) is 8.80 Å². The van der Waals surface area contributed by atoms with Gasteiger partial charge in [0.2, 0.25) is 0 Å². The zero-order valence-corrected chi connectivity index (χ0v) is 18.0. The SMILES string of the molecule is CCCC1=C(c2ccc(C)cc2)CC=C1[SiH](c1ccccc1)c1ccccc1. The van der Waals surface area contributed by atoms with Crippen LogP contribution in [-0.2, 0) is 0 Å². The van der Waals surface area contributed by atoms with Crippen LogP contribution >= 0.6 is 0 Å². The third-order valence-corrected chi connectivity index (χ3v) is 9.02. The molecule has 0 atom stereocenters.